The van der Waals surface area contributed by atoms with Gasteiger partial charge < -0.3 is 20.8 Å². The average molecular weight is 573 g/mol. The fourth-order valence-corrected chi connectivity index (χ4v) is 7.61. The predicted octanol–water partition coefficient (Wildman–Crippen LogP) is -0.133. The number of ketones is 4. The number of fused-ring (bicyclic) bond motifs is 3. The SMILES string of the molecule is CN(C)c1cc(CN2CCCC(F)C2)c(O)c2c1C[C@H]1C[C@H]3[C@H](N(C)C)C(=O)C(C(N)=O)C(=O)[C@@]3(O)C(=O)C1C2=O. The predicted molar refractivity (Wildman–Crippen MR) is 145 cm³/mol. The highest BCUT2D eigenvalue weighted by molar-refractivity contribution is 6.32. The number of carbonyl (C=O) groups is 5. The number of aromatic hydroxyl groups is 1. The zero-order chi connectivity index (χ0) is 30.1. The van der Waals surface area contributed by atoms with Crippen molar-refractivity contribution in [2.24, 2.45) is 29.4 Å². The number of likely N-dealkylation sites (N-methyl/N-ethyl adjacent to an activating group) is 1. The number of phenols is 1. The van der Waals surface area contributed by atoms with Gasteiger partial charge >= 0.3 is 0 Å². The number of aliphatic hydroxyl groups is 1. The van der Waals surface area contributed by atoms with Crippen LogP contribution < -0.4 is 10.6 Å². The van der Waals surface area contributed by atoms with Gasteiger partial charge in [-0.25, -0.2) is 4.39 Å². The molecule has 1 aromatic rings. The van der Waals surface area contributed by atoms with Crippen LogP contribution in [0.25, 0.3) is 0 Å². The van der Waals surface area contributed by atoms with Crippen molar-refractivity contribution in [1.82, 2.24) is 9.80 Å². The number of nitrogens with two attached hydrogens (primary N) is 1. The number of nitrogens with zero attached hydrogens (tertiary/aromatic N) is 3. The van der Waals surface area contributed by atoms with Crippen molar-refractivity contribution in [3.05, 3.63) is 22.8 Å². The number of amides is 1. The van der Waals surface area contributed by atoms with E-state index in [9.17, 15) is 38.6 Å². The molecule has 41 heavy (non-hydrogen) atoms. The van der Waals surface area contributed by atoms with Crippen molar-refractivity contribution in [3.63, 3.8) is 0 Å². The number of Topliss-reactive ketones (excluding diaryl/α,β-unsaturated/α-hetero) is 4. The molecule has 5 rings (SSSR count). The number of hydrogen-bond acceptors (Lipinski definition) is 10. The summed E-state index contributed by atoms with van der Waals surface area (Å²) in [6.45, 7) is 1.04. The van der Waals surface area contributed by atoms with Gasteiger partial charge in [-0.05, 0) is 63.9 Å². The number of hydrogen-bond donors (Lipinski definition) is 3. The fourth-order valence-electron chi connectivity index (χ4n) is 7.61. The monoisotopic (exact) mass is 572 g/mol. The Bertz CT molecular complexity index is 1350. The van der Waals surface area contributed by atoms with E-state index in [-0.39, 0.29) is 37.2 Å². The number of alkyl halides is 1. The van der Waals surface area contributed by atoms with Crippen molar-refractivity contribution in [2.45, 2.75) is 50.0 Å². The Labute approximate surface area is 237 Å². The molecule has 1 aliphatic heterocycles. The molecule has 1 amide bonds. The molecule has 3 unspecified atom stereocenters. The van der Waals surface area contributed by atoms with E-state index in [0.29, 0.717) is 36.2 Å². The number of piperidine rings is 1. The molecule has 3 fully saturated rings. The third-order valence-corrected chi connectivity index (χ3v) is 9.44. The van der Waals surface area contributed by atoms with Gasteiger partial charge in [0, 0.05) is 44.4 Å². The zero-order valence-electron chi connectivity index (χ0n) is 23.7. The minimum absolute atomic E-state index is 0.00898. The van der Waals surface area contributed by atoms with Crippen LogP contribution in [0.4, 0.5) is 10.1 Å². The van der Waals surface area contributed by atoms with Gasteiger partial charge in [-0.2, -0.15) is 0 Å². The summed E-state index contributed by atoms with van der Waals surface area (Å²) in [4.78, 5) is 72.1. The Kier molecular flexibility index (Phi) is 7.32. The van der Waals surface area contributed by atoms with E-state index in [0.717, 1.165) is 0 Å². The molecular formula is C29H37FN4O7. The summed E-state index contributed by atoms with van der Waals surface area (Å²) in [7, 11) is 6.68. The second kappa shape index (κ2) is 10.2. The van der Waals surface area contributed by atoms with Crippen LogP contribution in [0.3, 0.4) is 0 Å². The quantitative estimate of drug-likeness (QED) is 0.405. The van der Waals surface area contributed by atoms with Crippen molar-refractivity contribution in [1.29, 1.82) is 0 Å². The summed E-state index contributed by atoms with van der Waals surface area (Å²) >= 11 is 0. The van der Waals surface area contributed by atoms with Crippen LogP contribution in [0.2, 0.25) is 0 Å². The molecule has 12 heteroatoms. The Morgan fingerprint density at radius 2 is 1.85 bits per heavy atom. The van der Waals surface area contributed by atoms with E-state index in [2.05, 4.69) is 0 Å². The molecule has 11 nitrogen and oxygen atoms in total. The summed E-state index contributed by atoms with van der Waals surface area (Å²) in [6, 6.07) is 0.628. The first-order valence-electron chi connectivity index (χ1n) is 14.0. The second-order valence-electron chi connectivity index (χ2n) is 12.4. The summed E-state index contributed by atoms with van der Waals surface area (Å²) < 4.78 is 14.1. The molecule has 0 radical (unpaired) electrons. The molecule has 0 aromatic heterocycles. The van der Waals surface area contributed by atoms with Crippen LogP contribution in [0.15, 0.2) is 6.07 Å². The molecule has 1 aromatic carbocycles. The lowest BCUT2D eigenvalue weighted by molar-refractivity contribution is -0.181. The molecule has 0 bridgehead atoms. The minimum Gasteiger partial charge on any atom is -0.507 e. The number of rotatable bonds is 5. The maximum absolute atomic E-state index is 14.1. The minimum atomic E-state index is -2.77. The van der Waals surface area contributed by atoms with Gasteiger partial charge in [-0.3, -0.25) is 33.8 Å². The summed E-state index contributed by atoms with van der Waals surface area (Å²) in [5.74, 6) is -10.7. The van der Waals surface area contributed by atoms with Crippen molar-refractivity contribution in [2.75, 3.05) is 46.2 Å². The molecule has 222 valence electrons. The van der Waals surface area contributed by atoms with Crippen LogP contribution in [-0.2, 0) is 32.1 Å². The Balaban J connectivity index is 1.60. The largest absolute Gasteiger partial charge is 0.507 e. The highest BCUT2D eigenvalue weighted by Gasteiger charge is 2.69. The first-order valence-corrected chi connectivity index (χ1v) is 14.0. The van der Waals surface area contributed by atoms with Gasteiger partial charge in [0.2, 0.25) is 5.91 Å². The molecule has 4 N–H and O–H groups in total. The third-order valence-electron chi connectivity index (χ3n) is 9.44. The number of carbonyl (C=O) groups excluding carboxylic acids is 5. The average Bonchev–Trinajstić information content (AvgIpc) is 2.87. The lowest BCUT2D eigenvalue weighted by atomic mass is 9.52. The molecule has 0 spiro atoms. The molecular weight excluding hydrogens is 535 g/mol. The van der Waals surface area contributed by atoms with E-state index in [1.165, 1.54) is 4.90 Å². The van der Waals surface area contributed by atoms with Gasteiger partial charge in [0.25, 0.3) is 0 Å². The highest BCUT2D eigenvalue weighted by Crippen LogP contribution is 2.52. The molecule has 1 heterocycles. The topological polar surface area (TPSA) is 162 Å². The lowest BCUT2D eigenvalue weighted by Gasteiger charge is -2.52. The van der Waals surface area contributed by atoms with E-state index in [4.69, 9.17) is 5.73 Å². The number of anilines is 1. The molecule has 4 aliphatic rings. The van der Waals surface area contributed by atoms with Crippen molar-refractivity contribution < 1.29 is 38.6 Å². The normalized spacial score (nSPS) is 33.8. The first kappa shape index (κ1) is 29.3. The van der Waals surface area contributed by atoms with Crippen LogP contribution >= 0.6 is 0 Å². The van der Waals surface area contributed by atoms with Crippen LogP contribution in [-0.4, -0.2) is 108 Å². The Morgan fingerprint density at radius 1 is 1.17 bits per heavy atom. The zero-order valence-corrected chi connectivity index (χ0v) is 23.7. The van der Waals surface area contributed by atoms with Crippen molar-refractivity contribution in [3.8, 4) is 5.75 Å². The van der Waals surface area contributed by atoms with E-state index in [1.54, 1.807) is 39.2 Å². The molecule has 2 saturated carbocycles. The molecule has 1 saturated heterocycles. The standard InChI is InChI=1S/C29H37FN4O7/c1-32(2)18-10-14(11-34-7-5-6-15(30)12-34)23(35)20-16(18)8-13-9-17-22(33(3)4)25(37)21(28(31)40)27(39)29(17,41)26(38)19(13)24(20)36/h10,13,15,17,19,21-22,35,41H,5-9,11-12H2,1-4H3,(H2,31,40)/t13-,15?,17-,19?,21?,22-,29-/m0/s1. The number of halogens is 1. The maximum atomic E-state index is 14.1. The fraction of sp³-hybridized carbons (Fsp3) is 0.621. The summed E-state index contributed by atoms with van der Waals surface area (Å²) in [5.41, 5.74) is 4.17. The van der Waals surface area contributed by atoms with Crippen molar-refractivity contribution >= 4 is 34.7 Å². The first-order chi connectivity index (χ1) is 19.2. The van der Waals surface area contributed by atoms with Crippen LogP contribution in [0, 0.1) is 23.7 Å². The smallest absolute Gasteiger partial charge is 0.235 e. The van der Waals surface area contributed by atoms with E-state index >= 15 is 0 Å². The number of benzene rings is 1. The Morgan fingerprint density at radius 3 is 2.44 bits per heavy atom. The number of phenolic OH excluding ortho intramolecular Hbond substituents is 1. The highest BCUT2D eigenvalue weighted by atomic mass is 19.1. The third kappa shape index (κ3) is 4.38. The lowest BCUT2D eigenvalue weighted by Crippen LogP contribution is -2.74. The van der Waals surface area contributed by atoms with Gasteiger partial charge in [0.15, 0.2) is 34.7 Å². The molecule has 3 aliphatic carbocycles. The van der Waals surface area contributed by atoms with E-state index in [1.807, 2.05) is 4.90 Å². The number of primary amides is 1. The van der Waals surface area contributed by atoms with Crippen LogP contribution in [0.5, 0.6) is 5.75 Å². The van der Waals surface area contributed by atoms with Gasteiger partial charge in [-0.1, -0.05) is 0 Å². The van der Waals surface area contributed by atoms with Gasteiger partial charge in [0.1, 0.15) is 11.9 Å². The maximum Gasteiger partial charge on any atom is 0.235 e. The number of likely N-dealkylation sites (tertiary alicyclic amines) is 1. The van der Waals surface area contributed by atoms with Gasteiger partial charge in [0.05, 0.1) is 17.5 Å². The van der Waals surface area contributed by atoms with Crippen LogP contribution in [0.1, 0.15) is 40.7 Å². The second-order valence-corrected chi connectivity index (χ2v) is 12.4. The molecule has 7 atom stereocenters. The van der Waals surface area contributed by atoms with E-state index < -0.39 is 70.5 Å². The van der Waals surface area contributed by atoms with Gasteiger partial charge in [-0.15, -0.1) is 0 Å². The summed E-state index contributed by atoms with van der Waals surface area (Å²) in [5, 5.41) is 23.1. The summed E-state index contributed by atoms with van der Waals surface area (Å²) in [6.07, 6.45) is 0.330. The Hall–Kier alpha value is -3.22.